The van der Waals surface area contributed by atoms with Gasteiger partial charge in [0.15, 0.2) is 0 Å². The van der Waals surface area contributed by atoms with Crippen LogP contribution in [-0.2, 0) is 0 Å². The molecule has 2 aromatic rings. The number of aromatic nitrogens is 2. The topological polar surface area (TPSA) is 107 Å². The van der Waals surface area contributed by atoms with Crippen molar-refractivity contribution < 1.29 is 0 Å². The minimum absolute atomic E-state index is 0.0834. The van der Waals surface area contributed by atoms with E-state index >= 15 is 0 Å². The molecular formula is C21H24ClN7. The van der Waals surface area contributed by atoms with Gasteiger partial charge in [-0.15, -0.1) is 0 Å². The molecule has 3 aliphatic rings. The van der Waals surface area contributed by atoms with Crippen molar-refractivity contribution in [2.75, 3.05) is 10.2 Å². The highest BCUT2D eigenvalue weighted by atomic mass is 35.5. The van der Waals surface area contributed by atoms with E-state index in [1.54, 1.807) is 0 Å². The number of hydrogen-bond acceptors (Lipinski definition) is 6. The van der Waals surface area contributed by atoms with Crippen LogP contribution in [0.2, 0.25) is 5.02 Å². The van der Waals surface area contributed by atoms with Gasteiger partial charge in [-0.3, -0.25) is 4.68 Å². The number of nitrogens with one attached hydrogen (secondary N) is 3. The molecule has 2 aliphatic heterocycles. The van der Waals surface area contributed by atoms with Crippen LogP contribution in [0.4, 0.5) is 17.1 Å². The van der Waals surface area contributed by atoms with Crippen LogP contribution < -0.4 is 16.0 Å². The molecule has 5 rings (SSSR count). The highest BCUT2D eigenvalue weighted by Crippen LogP contribution is 2.44. The van der Waals surface area contributed by atoms with E-state index in [2.05, 4.69) is 15.3 Å². The Balaban J connectivity index is 1.51. The van der Waals surface area contributed by atoms with Crippen molar-refractivity contribution >= 4 is 41.1 Å². The van der Waals surface area contributed by atoms with Crippen LogP contribution in [0.25, 0.3) is 0 Å². The van der Waals surface area contributed by atoms with E-state index in [0.29, 0.717) is 11.1 Å². The monoisotopic (exact) mass is 409 g/mol. The Hall–Kier alpha value is -2.80. The standard InChI is InChI=1S/C21H24ClN7/c22-17-5-12(8-23)19(27-13-10-26-28(11-13)14-1-2-14)7-21(17)29-15-3-4-20(29)16(9-24)18(25)6-15/h5,7-11,14-15,20,23-24,27H,1-4,6,25H2. The molecule has 2 unspecified atom stereocenters. The molecule has 1 aliphatic carbocycles. The number of hydrogen-bond donors (Lipinski definition) is 4. The fourth-order valence-corrected chi connectivity index (χ4v) is 4.90. The molecular weight excluding hydrogens is 386 g/mol. The van der Waals surface area contributed by atoms with Crippen molar-refractivity contribution in [3.8, 4) is 0 Å². The summed E-state index contributed by atoms with van der Waals surface area (Å²) in [6.07, 6.45) is 11.7. The molecule has 1 aromatic heterocycles. The van der Waals surface area contributed by atoms with Crippen LogP contribution in [0.5, 0.6) is 0 Å². The van der Waals surface area contributed by atoms with Gasteiger partial charge in [0, 0.05) is 53.6 Å². The Kier molecular flexibility index (Phi) is 4.35. The largest absolute Gasteiger partial charge is 0.402 e. The van der Waals surface area contributed by atoms with Crippen molar-refractivity contribution in [2.24, 2.45) is 5.73 Å². The van der Waals surface area contributed by atoms with Crippen LogP contribution in [0.15, 0.2) is 35.8 Å². The van der Waals surface area contributed by atoms with E-state index in [4.69, 9.17) is 28.2 Å². The lowest BCUT2D eigenvalue weighted by Gasteiger charge is -2.38. The molecule has 3 heterocycles. The fraction of sp³-hybridized carbons (Fsp3) is 0.381. The van der Waals surface area contributed by atoms with Gasteiger partial charge in [0.2, 0.25) is 0 Å². The summed E-state index contributed by atoms with van der Waals surface area (Å²) in [5.74, 6) is 0. The van der Waals surface area contributed by atoms with Crippen molar-refractivity contribution in [1.29, 1.82) is 10.8 Å². The Morgan fingerprint density at radius 1 is 1.14 bits per heavy atom. The zero-order chi connectivity index (χ0) is 20.1. The molecule has 2 atom stereocenters. The van der Waals surface area contributed by atoms with E-state index in [0.717, 1.165) is 53.2 Å². The Labute approximate surface area is 174 Å². The first-order valence-electron chi connectivity index (χ1n) is 10.0. The van der Waals surface area contributed by atoms with Crippen LogP contribution in [0.1, 0.15) is 43.7 Å². The third kappa shape index (κ3) is 3.09. The van der Waals surface area contributed by atoms with Crippen molar-refractivity contribution in [3.05, 3.63) is 46.4 Å². The molecule has 7 nitrogen and oxygen atoms in total. The second-order valence-electron chi connectivity index (χ2n) is 8.08. The van der Waals surface area contributed by atoms with Gasteiger partial charge in [0.1, 0.15) is 0 Å². The molecule has 2 bridgehead atoms. The number of rotatable bonds is 6. The normalized spacial score (nSPS) is 23.4. The first kappa shape index (κ1) is 18.2. The summed E-state index contributed by atoms with van der Waals surface area (Å²) in [6, 6.07) is 4.75. The van der Waals surface area contributed by atoms with Gasteiger partial charge in [0.25, 0.3) is 0 Å². The highest BCUT2D eigenvalue weighted by molar-refractivity contribution is 6.34. The minimum atomic E-state index is 0.0834. The maximum Gasteiger partial charge on any atom is 0.0770 e. The lowest BCUT2D eigenvalue weighted by atomic mass is 9.97. The molecule has 5 N–H and O–H groups in total. The second kappa shape index (κ2) is 6.91. The zero-order valence-corrected chi connectivity index (χ0v) is 16.8. The number of benzene rings is 1. The molecule has 29 heavy (non-hydrogen) atoms. The number of anilines is 3. The average molecular weight is 410 g/mol. The Morgan fingerprint density at radius 3 is 2.66 bits per heavy atom. The third-order valence-corrected chi connectivity index (χ3v) is 6.50. The third-order valence-electron chi connectivity index (χ3n) is 6.20. The summed E-state index contributed by atoms with van der Waals surface area (Å²) in [5.41, 5.74) is 11.3. The van der Waals surface area contributed by atoms with Gasteiger partial charge in [-0.2, -0.15) is 5.10 Å². The van der Waals surface area contributed by atoms with E-state index < -0.39 is 0 Å². The molecule has 0 spiro atoms. The molecule has 0 radical (unpaired) electrons. The first-order chi connectivity index (χ1) is 14.1. The Bertz CT molecular complexity index is 1020. The molecule has 1 saturated carbocycles. The number of fused-ring (bicyclic) bond motifs is 2. The predicted octanol–water partition coefficient (Wildman–Crippen LogP) is 4.22. The van der Waals surface area contributed by atoms with Gasteiger partial charge in [-0.25, -0.2) is 0 Å². The second-order valence-corrected chi connectivity index (χ2v) is 8.49. The first-order valence-corrected chi connectivity index (χ1v) is 10.4. The summed E-state index contributed by atoms with van der Waals surface area (Å²) in [5, 5.41) is 24.1. The van der Waals surface area contributed by atoms with Crippen molar-refractivity contribution in [2.45, 2.75) is 50.2 Å². The molecule has 1 aromatic carbocycles. The minimum Gasteiger partial charge on any atom is -0.402 e. The van der Waals surface area contributed by atoms with E-state index in [1.165, 1.54) is 25.3 Å². The van der Waals surface area contributed by atoms with Crippen LogP contribution in [-0.4, -0.2) is 34.3 Å². The lowest BCUT2D eigenvalue weighted by molar-refractivity contribution is 0.616. The van der Waals surface area contributed by atoms with Gasteiger partial charge < -0.3 is 26.8 Å². The lowest BCUT2D eigenvalue weighted by Crippen LogP contribution is -2.43. The Morgan fingerprint density at radius 2 is 1.93 bits per heavy atom. The van der Waals surface area contributed by atoms with Gasteiger partial charge in [-0.1, -0.05) is 11.6 Å². The van der Waals surface area contributed by atoms with Crippen LogP contribution >= 0.6 is 11.6 Å². The number of nitrogens with two attached hydrogens (primary N) is 1. The number of nitrogens with zero attached hydrogens (tertiary/aromatic N) is 3. The quantitative estimate of drug-likeness (QED) is 0.536. The summed E-state index contributed by atoms with van der Waals surface area (Å²) in [4.78, 5) is 2.31. The van der Waals surface area contributed by atoms with Gasteiger partial charge in [0.05, 0.1) is 34.7 Å². The fourth-order valence-electron chi connectivity index (χ4n) is 4.63. The maximum atomic E-state index is 7.81. The van der Waals surface area contributed by atoms with E-state index in [1.807, 2.05) is 29.2 Å². The maximum absolute atomic E-state index is 7.81. The smallest absolute Gasteiger partial charge is 0.0770 e. The molecule has 1 saturated heterocycles. The summed E-state index contributed by atoms with van der Waals surface area (Å²) >= 11 is 6.66. The van der Waals surface area contributed by atoms with E-state index in [-0.39, 0.29) is 12.1 Å². The molecule has 8 heteroatoms. The van der Waals surface area contributed by atoms with Crippen LogP contribution in [0, 0.1) is 10.8 Å². The summed E-state index contributed by atoms with van der Waals surface area (Å²) in [6.45, 7) is 0. The van der Waals surface area contributed by atoms with Gasteiger partial charge in [-0.05, 0) is 37.8 Å². The zero-order valence-electron chi connectivity index (χ0n) is 16.0. The summed E-state index contributed by atoms with van der Waals surface area (Å²) < 4.78 is 2.00. The van der Waals surface area contributed by atoms with E-state index in [9.17, 15) is 0 Å². The average Bonchev–Trinajstić information content (AvgIpc) is 3.38. The SMILES string of the molecule is N=CC1=C(N)CC2CCC1N2c1cc(Nc2cnn(C3CC3)c2)c(C=N)cc1Cl. The molecule has 2 fully saturated rings. The number of halogens is 1. The van der Waals surface area contributed by atoms with Crippen LogP contribution in [0.3, 0.4) is 0 Å². The summed E-state index contributed by atoms with van der Waals surface area (Å²) in [7, 11) is 0. The molecule has 0 amide bonds. The molecule has 150 valence electrons. The highest BCUT2D eigenvalue weighted by Gasteiger charge is 2.41. The van der Waals surface area contributed by atoms with Crippen molar-refractivity contribution in [1.82, 2.24) is 9.78 Å². The van der Waals surface area contributed by atoms with Gasteiger partial charge >= 0.3 is 0 Å². The predicted molar refractivity (Wildman–Crippen MR) is 117 cm³/mol. The van der Waals surface area contributed by atoms with Crippen molar-refractivity contribution in [3.63, 3.8) is 0 Å².